The molecule has 0 unspecified atom stereocenters. The predicted molar refractivity (Wildman–Crippen MR) is 65.7 cm³/mol. The van der Waals surface area contributed by atoms with Crippen LogP contribution in [0.2, 0.25) is 0 Å². The first kappa shape index (κ1) is 13.0. The Kier molecular flexibility index (Phi) is 3.11. The highest BCUT2D eigenvalue weighted by molar-refractivity contribution is 5.80. The maximum absolute atomic E-state index is 11.7. The van der Waals surface area contributed by atoms with E-state index in [4.69, 9.17) is 4.74 Å². The topological polar surface area (TPSA) is 46.5 Å². The Bertz CT molecular complexity index is 325. The first-order valence-electron chi connectivity index (χ1n) is 6.69. The molecule has 3 heteroatoms. The molecular formula is C14H24O3. The zero-order valence-corrected chi connectivity index (χ0v) is 11.3. The molecule has 1 saturated heterocycles. The summed E-state index contributed by atoms with van der Waals surface area (Å²) >= 11 is 0. The second kappa shape index (κ2) is 4.06. The van der Waals surface area contributed by atoms with Crippen LogP contribution in [0.4, 0.5) is 0 Å². The van der Waals surface area contributed by atoms with Gasteiger partial charge in [-0.15, -0.1) is 0 Å². The molecule has 0 aromatic carbocycles. The van der Waals surface area contributed by atoms with Crippen LogP contribution >= 0.6 is 0 Å². The molecule has 1 N–H and O–H groups in total. The smallest absolute Gasteiger partial charge is 0.135 e. The Morgan fingerprint density at radius 2 is 2.12 bits per heavy atom. The fourth-order valence-corrected chi connectivity index (χ4v) is 3.43. The number of carbonyl (C=O) groups excluding carboxylic acids is 1. The van der Waals surface area contributed by atoms with E-state index in [1.807, 2.05) is 20.8 Å². The van der Waals surface area contributed by atoms with E-state index >= 15 is 0 Å². The van der Waals surface area contributed by atoms with Crippen LogP contribution in [0, 0.1) is 11.8 Å². The first-order chi connectivity index (χ1) is 7.78. The second-order valence-electron chi connectivity index (χ2n) is 6.44. The number of aliphatic hydroxyl groups excluding tert-OH is 1. The van der Waals surface area contributed by atoms with Crippen LogP contribution in [0.5, 0.6) is 0 Å². The molecular weight excluding hydrogens is 216 g/mol. The van der Waals surface area contributed by atoms with Crippen molar-refractivity contribution in [3.8, 4) is 0 Å². The molecule has 3 nitrogen and oxygen atoms in total. The monoisotopic (exact) mass is 240 g/mol. The van der Waals surface area contributed by atoms with Crippen molar-refractivity contribution < 1.29 is 14.6 Å². The van der Waals surface area contributed by atoms with E-state index in [-0.39, 0.29) is 34.9 Å². The Morgan fingerprint density at radius 3 is 2.53 bits per heavy atom. The molecule has 17 heavy (non-hydrogen) atoms. The van der Waals surface area contributed by atoms with Gasteiger partial charge in [-0.25, -0.2) is 0 Å². The Morgan fingerprint density at radius 1 is 1.47 bits per heavy atom. The highest BCUT2D eigenvalue weighted by Gasteiger charge is 2.61. The van der Waals surface area contributed by atoms with E-state index in [2.05, 4.69) is 6.92 Å². The van der Waals surface area contributed by atoms with Gasteiger partial charge in [0.1, 0.15) is 5.78 Å². The van der Waals surface area contributed by atoms with Crippen LogP contribution in [-0.4, -0.2) is 28.2 Å². The summed E-state index contributed by atoms with van der Waals surface area (Å²) in [6.07, 6.45) is 2.90. The predicted octanol–water partition coefficient (Wildman–Crippen LogP) is 2.31. The van der Waals surface area contributed by atoms with Crippen LogP contribution in [0.15, 0.2) is 0 Å². The molecule has 2 rings (SSSR count). The van der Waals surface area contributed by atoms with Crippen molar-refractivity contribution >= 4 is 5.78 Å². The quantitative estimate of drug-likeness (QED) is 0.820. The number of carbonyl (C=O) groups is 1. The van der Waals surface area contributed by atoms with Crippen molar-refractivity contribution in [2.75, 3.05) is 0 Å². The van der Waals surface area contributed by atoms with Gasteiger partial charge in [0.05, 0.1) is 17.3 Å². The molecule has 1 aliphatic carbocycles. The molecule has 1 saturated carbocycles. The Labute approximate surface area is 104 Å². The average Bonchev–Trinajstić information content (AvgIpc) is 2.61. The molecule has 0 radical (unpaired) electrons. The fraction of sp³-hybridized carbons (Fsp3) is 0.929. The number of hydrogen-bond acceptors (Lipinski definition) is 3. The highest BCUT2D eigenvalue weighted by Crippen LogP contribution is 2.54. The van der Waals surface area contributed by atoms with Crippen molar-refractivity contribution in [2.45, 2.75) is 70.7 Å². The third-order valence-electron chi connectivity index (χ3n) is 4.72. The number of ether oxygens (including phenoxy) is 1. The SMILES string of the molecule is CC(C)C(=O)CC[C@]1(C)O[C@@]2(C)CC[C@@H]1[C@@H]2O. The molecule has 0 amide bonds. The minimum absolute atomic E-state index is 0.0951. The van der Waals surface area contributed by atoms with Crippen molar-refractivity contribution in [2.24, 2.45) is 11.8 Å². The first-order valence-corrected chi connectivity index (χ1v) is 6.69. The minimum Gasteiger partial charge on any atom is -0.390 e. The van der Waals surface area contributed by atoms with Crippen LogP contribution in [0.1, 0.15) is 53.4 Å². The summed E-state index contributed by atoms with van der Waals surface area (Å²) in [7, 11) is 0. The van der Waals surface area contributed by atoms with Gasteiger partial charge in [0, 0.05) is 18.3 Å². The summed E-state index contributed by atoms with van der Waals surface area (Å²) in [5.74, 6) is 0.586. The molecule has 0 aromatic heterocycles. The maximum Gasteiger partial charge on any atom is 0.135 e. The van der Waals surface area contributed by atoms with Crippen LogP contribution < -0.4 is 0 Å². The zero-order chi connectivity index (χ0) is 12.8. The number of fused-ring (bicyclic) bond motifs is 2. The van der Waals surface area contributed by atoms with Gasteiger partial charge >= 0.3 is 0 Å². The van der Waals surface area contributed by atoms with Crippen molar-refractivity contribution in [3.63, 3.8) is 0 Å². The molecule has 2 fully saturated rings. The largest absolute Gasteiger partial charge is 0.390 e. The average molecular weight is 240 g/mol. The van der Waals surface area contributed by atoms with Crippen LogP contribution in [-0.2, 0) is 9.53 Å². The molecule has 98 valence electrons. The van der Waals surface area contributed by atoms with E-state index in [1.165, 1.54) is 0 Å². The van der Waals surface area contributed by atoms with E-state index in [0.717, 1.165) is 19.3 Å². The molecule has 2 aliphatic rings. The molecule has 1 heterocycles. The van der Waals surface area contributed by atoms with E-state index in [0.29, 0.717) is 6.42 Å². The maximum atomic E-state index is 11.7. The minimum atomic E-state index is -0.375. The van der Waals surface area contributed by atoms with Gasteiger partial charge in [-0.05, 0) is 33.1 Å². The Balaban J connectivity index is 2.00. The summed E-state index contributed by atoms with van der Waals surface area (Å²) in [6.45, 7) is 7.91. The lowest BCUT2D eigenvalue weighted by Crippen LogP contribution is -2.39. The molecule has 0 aromatic rings. The number of hydrogen-bond donors (Lipinski definition) is 1. The van der Waals surface area contributed by atoms with Gasteiger partial charge in [-0.2, -0.15) is 0 Å². The molecule has 0 spiro atoms. The van der Waals surface area contributed by atoms with E-state index < -0.39 is 0 Å². The summed E-state index contributed by atoms with van der Waals surface area (Å²) in [5, 5.41) is 10.2. The summed E-state index contributed by atoms with van der Waals surface area (Å²) in [6, 6.07) is 0. The fourth-order valence-electron chi connectivity index (χ4n) is 3.43. The molecule has 4 atom stereocenters. The lowest BCUT2D eigenvalue weighted by atomic mass is 9.82. The van der Waals surface area contributed by atoms with E-state index in [1.54, 1.807) is 0 Å². The summed E-state index contributed by atoms with van der Waals surface area (Å²) in [5.41, 5.74) is -0.683. The standard InChI is InChI=1S/C14H24O3/c1-9(2)11(15)6-8-13(3)10-5-7-14(4,17-13)12(10)16/h9-10,12,16H,5-8H2,1-4H3/t10-,12+,13+,14+/m1/s1. The van der Waals surface area contributed by atoms with Crippen LogP contribution in [0.3, 0.4) is 0 Å². The van der Waals surface area contributed by atoms with Gasteiger partial charge in [0.15, 0.2) is 0 Å². The number of ketones is 1. The highest BCUT2D eigenvalue weighted by atomic mass is 16.6. The number of aliphatic hydroxyl groups is 1. The van der Waals surface area contributed by atoms with Crippen molar-refractivity contribution in [3.05, 3.63) is 0 Å². The second-order valence-corrected chi connectivity index (χ2v) is 6.44. The van der Waals surface area contributed by atoms with E-state index in [9.17, 15) is 9.90 Å². The van der Waals surface area contributed by atoms with Crippen molar-refractivity contribution in [1.29, 1.82) is 0 Å². The third-order valence-corrected chi connectivity index (χ3v) is 4.72. The summed E-state index contributed by atoms with van der Waals surface area (Å²) < 4.78 is 6.08. The van der Waals surface area contributed by atoms with Gasteiger partial charge in [-0.1, -0.05) is 13.8 Å². The van der Waals surface area contributed by atoms with Crippen molar-refractivity contribution in [1.82, 2.24) is 0 Å². The van der Waals surface area contributed by atoms with Crippen LogP contribution in [0.25, 0.3) is 0 Å². The lowest BCUT2D eigenvalue weighted by molar-refractivity contribution is -0.139. The normalized spacial score (nSPS) is 44.6. The molecule has 2 bridgehead atoms. The number of rotatable bonds is 4. The van der Waals surface area contributed by atoms with Gasteiger partial charge in [0.25, 0.3) is 0 Å². The van der Waals surface area contributed by atoms with Gasteiger partial charge in [0.2, 0.25) is 0 Å². The lowest BCUT2D eigenvalue weighted by Gasteiger charge is -2.36. The van der Waals surface area contributed by atoms with Gasteiger partial charge < -0.3 is 9.84 Å². The summed E-state index contributed by atoms with van der Waals surface area (Å²) in [4.78, 5) is 11.7. The zero-order valence-electron chi connectivity index (χ0n) is 11.3. The van der Waals surface area contributed by atoms with Gasteiger partial charge in [-0.3, -0.25) is 4.79 Å². The molecule has 1 aliphatic heterocycles. The third kappa shape index (κ3) is 2.04. The Hall–Kier alpha value is -0.410. The number of Topliss-reactive ketones (excluding diaryl/α,β-unsaturated/α-hetero) is 1.